The fraction of sp³-hybridized carbons (Fsp3) is 0.360. The highest BCUT2D eigenvalue weighted by molar-refractivity contribution is 5.92. The van der Waals surface area contributed by atoms with Crippen molar-refractivity contribution in [1.29, 1.82) is 0 Å². The summed E-state index contributed by atoms with van der Waals surface area (Å²) in [4.78, 5) is 27.7. The van der Waals surface area contributed by atoms with Crippen molar-refractivity contribution >= 4 is 11.6 Å². The Hall–Kier alpha value is -4.12. The molecular weight excluding hydrogens is 468 g/mol. The van der Waals surface area contributed by atoms with Crippen LogP contribution in [0.4, 0.5) is 5.69 Å². The maximum absolute atomic E-state index is 12.6. The first-order valence-corrected chi connectivity index (χ1v) is 11.4. The Morgan fingerprint density at radius 1 is 0.944 bits per heavy atom. The van der Waals surface area contributed by atoms with Crippen LogP contribution in [-0.4, -0.2) is 62.2 Å². The first-order valence-electron chi connectivity index (χ1n) is 11.4. The quantitative estimate of drug-likeness (QED) is 0.341. The van der Waals surface area contributed by atoms with Crippen molar-refractivity contribution < 1.29 is 28.5 Å². The number of rotatable bonds is 13. The number of hydrogen-bond acceptors (Lipinski definition) is 9. The molecule has 0 unspecified atom stereocenters. The zero-order chi connectivity index (χ0) is 25.9. The zero-order valence-corrected chi connectivity index (χ0v) is 20.8. The minimum atomic E-state index is -0.425. The highest BCUT2D eigenvalue weighted by Crippen LogP contribution is 2.31. The number of nitrogens with one attached hydrogen (secondary N) is 2. The van der Waals surface area contributed by atoms with Crippen LogP contribution in [0.25, 0.3) is 11.4 Å². The summed E-state index contributed by atoms with van der Waals surface area (Å²) in [5.74, 6) is 2.08. The van der Waals surface area contributed by atoms with Gasteiger partial charge in [-0.25, -0.2) is 0 Å². The molecule has 0 aliphatic rings. The molecule has 11 heteroatoms. The SMILES string of the molecule is CCOCCOc1ccc(-c2nnc(CCC(=O)Nc3ccc(OC)cc3OC)c(=O)[nH]2)cc1OC. The van der Waals surface area contributed by atoms with Crippen LogP contribution in [0.2, 0.25) is 0 Å². The first kappa shape index (κ1) is 26.5. The third-order valence-electron chi connectivity index (χ3n) is 5.16. The molecule has 3 rings (SSSR count). The lowest BCUT2D eigenvalue weighted by Gasteiger charge is -2.12. The number of methoxy groups -OCH3 is 3. The molecule has 36 heavy (non-hydrogen) atoms. The average Bonchev–Trinajstić information content (AvgIpc) is 2.90. The maximum atomic E-state index is 12.6. The van der Waals surface area contributed by atoms with Crippen molar-refractivity contribution in [3.05, 3.63) is 52.4 Å². The molecule has 0 bridgehead atoms. The Balaban J connectivity index is 1.64. The minimum absolute atomic E-state index is 0.0356. The lowest BCUT2D eigenvalue weighted by molar-refractivity contribution is -0.116. The largest absolute Gasteiger partial charge is 0.497 e. The molecule has 0 aliphatic carbocycles. The molecule has 0 spiro atoms. The second-order valence-electron chi connectivity index (χ2n) is 7.47. The van der Waals surface area contributed by atoms with E-state index in [1.165, 1.54) is 14.2 Å². The Morgan fingerprint density at radius 3 is 2.44 bits per heavy atom. The first-order chi connectivity index (χ1) is 17.5. The van der Waals surface area contributed by atoms with E-state index in [1.807, 2.05) is 6.92 Å². The number of carbonyl (C=O) groups is 1. The number of aromatic nitrogens is 3. The smallest absolute Gasteiger partial charge is 0.273 e. The molecule has 2 N–H and O–H groups in total. The third kappa shape index (κ3) is 6.95. The van der Waals surface area contributed by atoms with E-state index in [9.17, 15) is 9.59 Å². The van der Waals surface area contributed by atoms with Crippen LogP contribution in [0.15, 0.2) is 41.2 Å². The number of anilines is 1. The number of amides is 1. The molecule has 0 atom stereocenters. The molecule has 0 aliphatic heterocycles. The third-order valence-corrected chi connectivity index (χ3v) is 5.16. The standard InChI is InChI=1S/C25H30N4O7/c1-5-35-12-13-36-20-10-6-16(14-22(20)34-4)24-27-25(31)19(28-29-24)9-11-23(30)26-18-8-7-17(32-2)15-21(18)33-3/h6-8,10,14-15H,5,9,11-13H2,1-4H3,(H,26,30)(H,27,29,31). The van der Waals surface area contributed by atoms with Crippen molar-refractivity contribution in [2.45, 2.75) is 19.8 Å². The van der Waals surface area contributed by atoms with E-state index in [4.69, 9.17) is 23.7 Å². The van der Waals surface area contributed by atoms with E-state index in [2.05, 4.69) is 20.5 Å². The summed E-state index contributed by atoms with van der Waals surface area (Å²) in [6.45, 7) is 3.38. The fourth-order valence-corrected chi connectivity index (χ4v) is 3.29. The van der Waals surface area contributed by atoms with Gasteiger partial charge in [-0.2, -0.15) is 0 Å². The number of ether oxygens (including phenoxy) is 5. The summed E-state index contributed by atoms with van der Waals surface area (Å²) >= 11 is 0. The second kappa shape index (κ2) is 13.1. The molecule has 0 saturated heterocycles. The van der Waals surface area contributed by atoms with Crippen LogP contribution in [0, 0.1) is 0 Å². The summed E-state index contributed by atoms with van der Waals surface area (Å²) in [6, 6.07) is 10.2. The summed E-state index contributed by atoms with van der Waals surface area (Å²) < 4.78 is 26.8. The van der Waals surface area contributed by atoms with Crippen molar-refractivity contribution in [3.8, 4) is 34.4 Å². The van der Waals surface area contributed by atoms with Crippen LogP contribution in [0.1, 0.15) is 19.0 Å². The van der Waals surface area contributed by atoms with Gasteiger partial charge < -0.3 is 34.0 Å². The molecule has 2 aromatic carbocycles. The van der Waals surface area contributed by atoms with Gasteiger partial charge in [-0.3, -0.25) is 9.59 Å². The highest BCUT2D eigenvalue weighted by Gasteiger charge is 2.14. The van der Waals surface area contributed by atoms with Gasteiger partial charge in [0, 0.05) is 31.1 Å². The predicted molar refractivity (Wildman–Crippen MR) is 133 cm³/mol. The molecule has 1 aromatic heterocycles. The van der Waals surface area contributed by atoms with E-state index in [0.29, 0.717) is 54.1 Å². The number of nitrogens with zero attached hydrogens (tertiary/aromatic N) is 2. The van der Waals surface area contributed by atoms with E-state index >= 15 is 0 Å². The van der Waals surface area contributed by atoms with Gasteiger partial charge in [-0.05, 0) is 37.3 Å². The Morgan fingerprint density at radius 2 is 1.75 bits per heavy atom. The molecule has 0 radical (unpaired) electrons. The number of benzene rings is 2. The lowest BCUT2D eigenvalue weighted by Crippen LogP contribution is -2.20. The van der Waals surface area contributed by atoms with E-state index in [-0.39, 0.29) is 30.3 Å². The van der Waals surface area contributed by atoms with Crippen LogP contribution in [-0.2, 0) is 16.0 Å². The molecule has 3 aromatic rings. The average molecular weight is 499 g/mol. The minimum Gasteiger partial charge on any atom is -0.497 e. The molecule has 1 amide bonds. The normalized spacial score (nSPS) is 10.6. The Kier molecular flexibility index (Phi) is 9.64. The number of aryl methyl sites for hydroxylation is 1. The van der Waals surface area contributed by atoms with Crippen LogP contribution in [0.3, 0.4) is 0 Å². The zero-order valence-electron chi connectivity index (χ0n) is 20.8. The maximum Gasteiger partial charge on any atom is 0.273 e. The molecular formula is C25H30N4O7. The summed E-state index contributed by atoms with van der Waals surface area (Å²) in [6.07, 6.45) is 0.150. The van der Waals surface area contributed by atoms with Gasteiger partial charge in [0.1, 0.15) is 23.8 Å². The molecule has 0 fully saturated rings. The van der Waals surface area contributed by atoms with Crippen LogP contribution < -0.4 is 29.8 Å². The summed E-state index contributed by atoms with van der Waals surface area (Å²) in [7, 11) is 4.57. The number of carbonyl (C=O) groups excluding carboxylic acids is 1. The van der Waals surface area contributed by atoms with Crippen molar-refractivity contribution in [2.24, 2.45) is 0 Å². The summed E-state index contributed by atoms with van der Waals surface area (Å²) in [5, 5.41) is 10.9. The molecule has 192 valence electrons. The van der Waals surface area contributed by atoms with E-state index in [0.717, 1.165) is 0 Å². The lowest BCUT2D eigenvalue weighted by atomic mass is 10.2. The number of hydrogen-bond donors (Lipinski definition) is 2. The van der Waals surface area contributed by atoms with Gasteiger partial charge in [0.15, 0.2) is 17.3 Å². The number of aromatic amines is 1. The second-order valence-corrected chi connectivity index (χ2v) is 7.47. The number of H-pyrrole nitrogens is 1. The Labute approximate surface area is 208 Å². The van der Waals surface area contributed by atoms with Gasteiger partial charge >= 0.3 is 0 Å². The van der Waals surface area contributed by atoms with Gasteiger partial charge in [0.05, 0.1) is 33.6 Å². The summed E-state index contributed by atoms with van der Waals surface area (Å²) in [5.41, 5.74) is 0.826. The monoisotopic (exact) mass is 498 g/mol. The van der Waals surface area contributed by atoms with Gasteiger partial charge in [-0.1, -0.05) is 0 Å². The van der Waals surface area contributed by atoms with Crippen molar-refractivity contribution in [1.82, 2.24) is 15.2 Å². The fourth-order valence-electron chi connectivity index (χ4n) is 3.29. The molecule has 1 heterocycles. The highest BCUT2D eigenvalue weighted by atomic mass is 16.5. The topological polar surface area (TPSA) is 134 Å². The van der Waals surface area contributed by atoms with Gasteiger partial charge in [-0.15, -0.1) is 10.2 Å². The van der Waals surface area contributed by atoms with Gasteiger partial charge in [0.2, 0.25) is 5.91 Å². The molecule has 0 saturated carbocycles. The Bertz CT molecular complexity index is 1230. The van der Waals surface area contributed by atoms with Gasteiger partial charge in [0.25, 0.3) is 5.56 Å². The van der Waals surface area contributed by atoms with Crippen molar-refractivity contribution in [3.63, 3.8) is 0 Å². The van der Waals surface area contributed by atoms with Crippen LogP contribution >= 0.6 is 0 Å². The molecule has 11 nitrogen and oxygen atoms in total. The van der Waals surface area contributed by atoms with Crippen LogP contribution in [0.5, 0.6) is 23.0 Å². The van der Waals surface area contributed by atoms with E-state index < -0.39 is 5.56 Å². The predicted octanol–water partition coefficient (Wildman–Crippen LogP) is 2.84. The van der Waals surface area contributed by atoms with Crippen molar-refractivity contribution in [2.75, 3.05) is 46.5 Å². The van der Waals surface area contributed by atoms with E-state index in [1.54, 1.807) is 43.5 Å².